The van der Waals surface area contributed by atoms with Gasteiger partial charge < -0.3 is 25.7 Å². The molecule has 1 atom stereocenters. The number of nitrogens with one attached hydrogen (secondary N) is 2. The van der Waals surface area contributed by atoms with E-state index in [1.807, 2.05) is 24.3 Å². The van der Waals surface area contributed by atoms with Crippen LogP contribution in [0.2, 0.25) is 0 Å². The number of aromatic nitrogens is 2. The van der Waals surface area contributed by atoms with Crippen LogP contribution in [0.25, 0.3) is 0 Å². The normalized spacial score (nSPS) is 17.2. The van der Waals surface area contributed by atoms with E-state index in [0.29, 0.717) is 12.1 Å². The standard InChI is InChI=1S/C18H25N5O2/c1-23-8-6-16(7-9-23)25-15-4-2-13(3-5-15)22-18(24)17(19)10-14-11-20-12-21-14/h2-5,11-12,16-17H,6-10,19H2,1H3,(H,20,21)(H,22,24)/t17-/m0/s1. The van der Waals surface area contributed by atoms with Crippen molar-refractivity contribution >= 4 is 11.6 Å². The molecule has 1 aromatic carbocycles. The van der Waals surface area contributed by atoms with Crippen molar-refractivity contribution in [3.63, 3.8) is 0 Å². The van der Waals surface area contributed by atoms with Gasteiger partial charge in [0.05, 0.1) is 12.4 Å². The molecule has 1 saturated heterocycles. The number of carbonyl (C=O) groups excluding carboxylic acids is 1. The fourth-order valence-corrected chi connectivity index (χ4v) is 2.87. The van der Waals surface area contributed by atoms with Gasteiger partial charge in [0, 0.05) is 37.1 Å². The van der Waals surface area contributed by atoms with Gasteiger partial charge in [-0.25, -0.2) is 4.98 Å². The minimum atomic E-state index is -0.629. The predicted octanol–water partition coefficient (Wildman–Crippen LogP) is 1.39. The van der Waals surface area contributed by atoms with Gasteiger partial charge in [-0.1, -0.05) is 0 Å². The highest BCUT2D eigenvalue weighted by molar-refractivity contribution is 5.94. The lowest BCUT2D eigenvalue weighted by Gasteiger charge is -2.29. The second kappa shape index (κ2) is 8.13. The SMILES string of the molecule is CN1CCC(Oc2ccc(NC(=O)[C@@H](N)Cc3cnc[nH]3)cc2)CC1. The van der Waals surface area contributed by atoms with Gasteiger partial charge in [0.1, 0.15) is 11.9 Å². The zero-order valence-electron chi connectivity index (χ0n) is 14.4. The first-order chi connectivity index (χ1) is 12.1. The van der Waals surface area contributed by atoms with Crippen LogP contribution < -0.4 is 15.8 Å². The largest absolute Gasteiger partial charge is 0.490 e. The zero-order valence-corrected chi connectivity index (χ0v) is 14.4. The molecule has 0 aliphatic carbocycles. The first kappa shape index (κ1) is 17.4. The number of amides is 1. The molecule has 0 bridgehead atoms. The zero-order chi connectivity index (χ0) is 17.6. The number of hydrogen-bond donors (Lipinski definition) is 3. The molecule has 1 aliphatic rings. The van der Waals surface area contributed by atoms with Crippen molar-refractivity contribution in [1.82, 2.24) is 14.9 Å². The van der Waals surface area contributed by atoms with Crippen LogP contribution in [0.3, 0.4) is 0 Å². The topological polar surface area (TPSA) is 96.3 Å². The minimum absolute atomic E-state index is 0.224. The van der Waals surface area contributed by atoms with Crippen molar-refractivity contribution in [1.29, 1.82) is 0 Å². The summed E-state index contributed by atoms with van der Waals surface area (Å²) >= 11 is 0. The summed E-state index contributed by atoms with van der Waals surface area (Å²) in [4.78, 5) is 21.3. The number of piperidine rings is 1. The molecule has 25 heavy (non-hydrogen) atoms. The Morgan fingerprint density at radius 2 is 2.12 bits per heavy atom. The third kappa shape index (κ3) is 5.04. The van der Waals surface area contributed by atoms with Crippen LogP contribution in [-0.2, 0) is 11.2 Å². The lowest BCUT2D eigenvalue weighted by molar-refractivity contribution is -0.117. The van der Waals surface area contributed by atoms with Crippen molar-refractivity contribution in [2.45, 2.75) is 31.4 Å². The van der Waals surface area contributed by atoms with Gasteiger partial charge in [-0.3, -0.25) is 4.79 Å². The number of aromatic amines is 1. The molecule has 0 unspecified atom stereocenters. The summed E-state index contributed by atoms with van der Waals surface area (Å²) in [7, 11) is 2.13. The summed E-state index contributed by atoms with van der Waals surface area (Å²) in [6, 6.07) is 6.81. The van der Waals surface area contributed by atoms with Crippen LogP contribution in [-0.4, -0.2) is 53.1 Å². The molecule has 134 valence electrons. The number of carbonyl (C=O) groups is 1. The van der Waals surface area contributed by atoms with Crippen LogP contribution in [0.1, 0.15) is 18.5 Å². The number of hydrogen-bond acceptors (Lipinski definition) is 5. The molecule has 3 rings (SSSR count). The van der Waals surface area contributed by atoms with E-state index in [1.54, 1.807) is 12.5 Å². The Bertz CT molecular complexity index is 663. The van der Waals surface area contributed by atoms with Crippen molar-refractivity contribution in [3.8, 4) is 5.75 Å². The molecule has 2 heterocycles. The van der Waals surface area contributed by atoms with Crippen LogP contribution in [0.15, 0.2) is 36.8 Å². The number of imidazole rings is 1. The molecule has 1 amide bonds. The van der Waals surface area contributed by atoms with Gasteiger partial charge >= 0.3 is 0 Å². The van der Waals surface area contributed by atoms with Crippen molar-refractivity contribution in [2.75, 3.05) is 25.5 Å². The fraction of sp³-hybridized carbons (Fsp3) is 0.444. The Morgan fingerprint density at radius 3 is 2.76 bits per heavy atom. The van der Waals surface area contributed by atoms with Crippen LogP contribution >= 0.6 is 0 Å². The molecule has 1 aliphatic heterocycles. The third-order valence-corrected chi connectivity index (χ3v) is 4.42. The van der Waals surface area contributed by atoms with Crippen LogP contribution in [0.4, 0.5) is 5.69 Å². The quantitative estimate of drug-likeness (QED) is 0.736. The van der Waals surface area contributed by atoms with Crippen LogP contribution in [0.5, 0.6) is 5.75 Å². The number of likely N-dealkylation sites (tertiary alicyclic amines) is 1. The number of benzene rings is 1. The summed E-state index contributed by atoms with van der Waals surface area (Å²) < 4.78 is 6.01. The number of nitrogens with zero attached hydrogens (tertiary/aromatic N) is 2. The summed E-state index contributed by atoms with van der Waals surface area (Å²) in [5, 5.41) is 2.83. The summed E-state index contributed by atoms with van der Waals surface area (Å²) in [6.07, 6.45) is 6.00. The predicted molar refractivity (Wildman–Crippen MR) is 96.5 cm³/mol. The molecule has 0 spiro atoms. The van der Waals surface area contributed by atoms with Gasteiger partial charge in [0.15, 0.2) is 0 Å². The number of rotatable bonds is 6. The van der Waals surface area contributed by atoms with E-state index in [1.165, 1.54) is 0 Å². The highest BCUT2D eigenvalue weighted by Crippen LogP contribution is 2.20. The first-order valence-electron chi connectivity index (χ1n) is 8.59. The summed E-state index contributed by atoms with van der Waals surface area (Å²) in [5.74, 6) is 0.605. The van der Waals surface area contributed by atoms with E-state index in [0.717, 1.165) is 37.4 Å². The second-order valence-electron chi connectivity index (χ2n) is 6.52. The summed E-state index contributed by atoms with van der Waals surface area (Å²) in [6.45, 7) is 2.13. The second-order valence-corrected chi connectivity index (χ2v) is 6.52. The Morgan fingerprint density at radius 1 is 1.40 bits per heavy atom. The van der Waals surface area contributed by atoms with Gasteiger partial charge in [-0.05, 0) is 44.2 Å². The first-order valence-corrected chi connectivity index (χ1v) is 8.59. The molecule has 1 fully saturated rings. The molecule has 7 heteroatoms. The van der Waals surface area contributed by atoms with Crippen molar-refractivity contribution < 1.29 is 9.53 Å². The Balaban J connectivity index is 1.49. The van der Waals surface area contributed by atoms with Gasteiger partial charge in [0.2, 0.25) is 5.91 Å². The Labute approximate surface area is 147 Å². The van der Waals surface area contributed by atoms with E-state index in [2.05, 4.69) is 27.2 Å². The average molecular weight is 343 g/mol. The lowest BCUT2D eigenvalue weighted by atomic mass is 10.1. The van der Waals surface area contributed by atoms with E-state index in [4.69, 9.17) is 10.5 Å². The highest BCUT2D eigenvalue weighted by Gasteiger charge is 2.18. The smallest absolute Gasteiger partial charge is 0.241 e. The highest BCUT2D eigenvalue weighted by atomic mass is 16.5. The molecule has 1 aromatic heterocycles. The summed E-state index contributed by atoms with van der Waals surface area (Å²) in [5.41, 5.74) is 7.48. The number of nitrogens with two attached hydrogens (primary N) is 1. The molecule has 7 nitrogen and oxygen atoms in total. The monoisotopic (exact) mass is 343 g/mol. The Kier molecular flexibility index (Phi) is 5.67. The average Bonchev–Trinajstić information content (AvgIpc) is 3.11. The number of anilines is 1. The maximum atomic E-state index is 12.2. The number of H-pyrrole nitrogens is 1. The molecule has 2 aromatic rings. The fourth-order valence-electron chi connectivity index (χ4n) is 2.87. The Hall–Kier alpha value is -2.38. The van der Waals surface area contributed by atoms with Gasteiger partial charge in [-0.15, -0.1) is 0 Å². The number of ether oxygens (including phenoxy) is 1. The van der Waals surface area contributed by atoms with Crippen molar-refractivity contribution in [2.24, 2.45) is 5.73 Å². The van der Waals surface area contributed by atoms with Crippen LogP contribution in [0, 0.1) is 0 Å². The molecular weight excluding hydrogens is 318 g/mol. The van der Waals surface area contributed by atoms with E-state index < -0.39 is 6.04 Å². The maximum absolute atomic E-state index is 12.2. The molecule has 0 radical (unpaired) electrons. The van der Waals surface area contributed by atoms with Gasteiger partial charge in [-0.2, -0.15) is 0 Å². The molecule has 0 saturated carbocycles. The van der Waals surface area contributed by atoms with E-state index >= 15 is 0 Å². The van der Waals surface area contributed by atoms with Crippen molar-refractivity contribution in [3.05, 3.63) is 42.5 Å². The third-order valence-electron chi connectivity index (χ3n) is 4.42. The van der Waals surface area contributed by atoms with Gasteiger partial charge in [0.25, 0.3) is 0 Å². The van der Waals surface area contributed by atoms with E-state index in [9.17, 15) is 4.79 Å². The van der Waals surface area contributed by atoms with E-state index in [-0.39, 0.29) is 12.0 Å². The lowest BCUT2D eigenvalue weighted by Crippen LogP contribution is -2.37. The molecular formula is C18H25N5O2. The minimum Gasteiger partial charge on any atom is -0.490 e. The molecule has 4 N–H and O–H groups in total. The maximum Gasteiger partial charge on any atom is 0.241 e.